The lowest BCUT2D eigenvalue weighted by atomic mass is 9.77. The molecule has 2 N–H and O–H groups in total. The fourth-order valence-electron chi connectivity index (χ4n) is 3.48. The van der Waals surface area contributed by atoms with Crippen LogP contribution >= 0.6 is 11.6 Å². The summed E-state index contributed by atoms with van der Waals surface area (Å²) in [5, 5.41) is 11.9. The molecule has 1 aliphatic rings. The Labute approximate surface area is 165 Å². The van der Waals surface area contributed by atoms with Crippen molar-refractivity contribution in [3.63, 3.8) is 0 Å². The second-order valence-electron chi connectivity index (χ2n) is 6.85. The van der Waals surface area contributed by atoms with Gasteiger partial charge in [0.1, 0.15) is 5.60 Å². The van der Waals surface area contributed by atoms with Crippen LogP contribution in [0.1, 0.15) is 24.0 Å². The van der Waals surface area contributed by atoms with Gasteiger partial charge in [-0.25, -0.2) is 13.1 Å². The van der Waals surface area contributed by atoms with E-state index >= 15 is 0 Å². The molecule has 0 radical (unpaired) electrons. The molecule has 3 rings (SSSR count). The van der Waals surface area contributed by atoms with Crippen LogP contribution in [0, 0.1) is 5.92 Å². The fourth-order valence-corrected chi connectivity index (χ4v) is 4.96. The topological polar surface area (TPSA) is 75.6 Å². The van der Waals surface area contributed by atoms with Crippen molar-refractivity contribution >= 4 is 21.6 Å². The Bertz CT molecular complexity index is 853. The van der Waals surface area contributed by atoms with E-state index in [0.717, 1.165) is 0 Å². The molecule has 0 aromatic heterocycles. The second kappa shape index (κ2) is 8.71. The molecule has 1 saturated heterocycles. The van der Waals surface area contributed by atoms with Crippen LogP contribution in [0.15, 0.2) is 54.6 Å². The molecule has 2 aromatic rings. The average Bonchev–Trinajstić information content (AvgIpc) is 2.69. The van der Waals surface area contributed by atoms with Gasteiger partial charge in [0.2, 0.25) is 10.0 Å². The first-order valence-corrected chi connectivity index (χ1v) is 11.0. The minimum absolute atomic E-state index is 0.0864. The molecule has 7 heteroatoms. The van der Waals surface area contributed by atoms with Crippen LogP contribution in [0.5, 0.6) is 0 Å². The van der Waals surface area contributed by atoms with Crippen molar-refractivity contribution in [1.29, 1.82) is 0 Å². The molecule has 5 nitrogen and oxygen atoms in total. The second-order valence-corrected chi connectivity index (χ2v) is 9.06. The Hall–Kier alpha value is -1.44. The van der Waals surface area contributed by atoms with Crippen LogP contribution < -0.4 is 4.72 Å². The lowest BCUT2D eigenvalue weighted by molar-refractivity contribution is -0.0663. The van der Waals surface area contributed by atoms with Gasteiger partial charge in [-0.2, -0.15) is 0 Å². The molecule has 1 heterocycles. The lowest BCUT2D eigenvalue weighted by Gasteiger charge is -2.39. The summed E-state index contributed by atoms with van der Waals surface area (Å²) in [5.74, 6) is -0.317. The first-order valence-electron chi connectivity index (χ1n) is 8.97. The summed E-state index contributed by atoms with van der Waals surface area (Å²) >= 11 is 6.08. The summed E-state index contributed by atoms with van der Waals surface area (Å²) in [7, 11) is -3.66. The number of ether oxygens (including phenoxy) is 1. The summed E-state index contributed by atoms with van der Waals surface area (Å²) in [6, 6.07) is 16.1. The molecule has 1 fully saturated rings. The summed E-state index contributed by atoms with van der Waals surface area (Å²) in [5.41, 5.74) is -0.0585. The summed E-state index contributed by atoms with van der Waals surface area (Å²) < 4.78 is 33.2. The summed E-state index contributed by atoms with van der Waals surface area (Å²) in [4.78, 5) is 0. The molecule has 0 bridgehead atoms. The normalized spacial score (nSPS) is 18.1. The Morgan fingerprint density at radius 3 is 2.37 bits per heavy atom. The molecule has 0 amide bonds. The Morgan fingerprint density at radius 2 is 1.70 bits per heavy atom. The standard InChI is InChI=1S/C20H24ClNO4S/c21-19-9-5-4-6-16(19)14-27(24,25)22-15-20(23,17-7-2-1-3-8-17)18-10-12-26-13-11-18/h1-9,18,22-23H,10-15H2/t20-/m0/s1. The highest BCUT2D eigenvalue weighted by molar-refractivity contribution is 7.88. The van der Waals surface area contributed by atoms with Gasteiger partial charge >= 0.3 is 0 Å². The molecule has 0 aliphatic carbocycles. The highest BCUT2D eigenvalue weighted by Crippen LogP contribution is 2.36. The predicted molar refractivity (Wildman–Crippen MR) is 106 cm³/mol. The van der Waals surface area contributed by atoms with E-state index in [1.165, 1.54) is 0 Å². The summed E-state index contributed by atoms with van der Waals surface area (Å²) in [6.07, 6.45) is 1.36. The Kier molecular flexibility index (Phi) is 6.55. The van der Waals surface area contributed by atoms with E-state index in [9.17, 15) is 13.5 Å². The number of hydrogen-bond acceptors (Lipinski definition) is 4. The molecule has 0 spiro atoms. The number of rotatable bonds is 7. The quantitative estimate of drug-likeness (QED) is 0.736. The van der Waals surface area contributed by atoms with E-state index in [1.807, 2.05) is 30.3 Å². The molecule has 1 atom stereocenters. The van der Waals surface area contributed by atoms with E-state index in [0.29, 0.717) is 42.2 Å². The number of halogens is 1. The van der Waals surface area contributed by atoms with Gasteiger partial charge in [-0.05, 0) is 36.0 Å². The van der Waals surface area contributed by atoms with Crippen molar-refractivity contribution < 1.29 is 18.3 Å². The van der Waals surface area contributed by atoms with Crippen LogP contribution in [0.25, 0.3) is 0 Å². The number of nitrogens with one attached hydrogen (secondary N) is 1. The van der Waals surface area contributed by atoms with Gasteiger partial charge in [-0.1, -0.05) is 60.1 Å². The third kappa shape index (κ3) is 5.09. The van der Waals surface area contributed by atoms with E-state index in [-0.39, 0.29) is 18.2 Å². The number of sulfonamides is 1. The van der Waals surface area contributed by atoms with Gasteiger partial charge in [0.25, 0.3) is 0 Å². The van der Waals surface area contributed by atoms with Crippen molar-refractivity contribution in [3.8, 4) is 0 Å². The smallest absolute Gasteiger partial charge is 0.215 e. The SMILES string of the molecule is O=S(=O)(Cc1ccccc1Cl)NC[C@](O)(c1ccccc1)C1CCOCC1. The zero-order chi connectivity index (χ0) is 19.3. The van der Waals surface area contributed by atoms with E-state index in [2.05, 4.69) is 4.72 Å². The molecule has 2 aromatic carbocycles. The minimum atomic E-state index is -3.66. The van der Waals surface area contributed by atoms with Crippen molar-refractivity contribution in [3.05, 3.63) is 70.7 Å². The number of hydrogen-bond donors (Lipinski definition) is 2. The van der Waals surface area contributed by atoms with Gasteiger partial charge in [-0.15, -0.1) is 0 Å². The number of aliphatic hydroxyl groups is 1. The zero-order valence-electron chi connectivity index (χ0n) is 15.0. The highest BCUT2D eigenvalue weighted by atomic mass is 35.5. The van der Waals surface area contributed by atoms with E-state index in [4.69, 9.17) is 16.3 Å². The molecule has 146 valence electrons. The summed E-state index contributed by atoms with van der Waals surface area (Å²) in [6.45, 7) is 1.03. The fraction of sp³-hybridized carbons (Fsp3) is 0.400. The highest BCUT2D eigenvalue weighted by Gasteiger charge is 2.40. The van der Waals surface area contributed by atoms with E-state index < -0.39 is 15.6 Å². The first kappa shape index (κ1) is 20.3. The van der Waals surface area contributed by atoms with Gasteiger partial charge < -0.3 is 9.84 Å². The lowest BCUT2D eigenvalue weighted by Crippen LogP contribution is -2.47. The first-order chi connectivity index (χ1) is 12.9. The van der Waals surface area contributed by atoms with Gasteiger partial charge in [0.15, 0.2) is 0 Å². The maximum absolute atomic E-state index is 12.6. The van der Waals surface area contributed by atoms with Gasteiger partial charge in [-0.3, -0.25) is 0 Å². The Balaban J connectivity index is 1.79. The molecule has 27 heavy (non-hydrogen) atoms. The largest absolute Gasteiger partial charge is 0.383 e. The van der Waals surface area contributed by atoms with Crippen molar-refractivity contribution in [2.75, 3.05) is 19.8 Å². The minimum Gasteiger partial charge on any atom is -0.383 e. The van der Waals surface area contributed by atoms with Crippen LogP contribution in [0.3, 0.4) is 0 Å². The van der Waals surface area contributed by atoms with Crippen LogP contribution in [-0.2, 0) is 26.1 Å². The van der Waals surface area contributed by atoms with Gasteiger partial charge in [0.05, 0.1) is 5.75 Å². The van der Waals surface area contributed by atoms with Crippen molar-refractivity contribution in [1.82, 2.24) is 4.72 Å². The molecular formula is C20H24ClNO4S. The predicted octanol–water partition coefficient (Wildman–Crippen LogP) is 3.07. The van der Waals surface area contributed by atoms with Crippen LogP contribution in [-0.4, -0.2) is 33.3 Å². The van der Waals surface area contributed by atoms with Crippen molar-refractivity contribution in [2.45, 2.75) is 24.2 Å². The van der Waals surface area contributed by atoms with E-state index in [1.54, 1.807) is 24.3 Å². The third-order valence-corrected chi connectivity index (χ3v) is 6.68. The molecule has 0 saturated carbocycles. The van der Waals surface area contributed by atoms with Gasteiger partial charge in [0, 0.05) is 24.8 Å². The monoisotopic (exact) mass is 409 g/mol. The average molecular weight is 410 g/mol. The third-order valence-electron chi connectivity index (χ3n) is 5.04. The molecule has 0 unspecified atom stereocenters. The zero-order valence-corrected chi connectivity index (χ0v) is 16.5. The molecule has 1 aliphatic heterocycles. The van der Waals surface area contributed by atoms with Crippen LogP contribution in [0.2, 0.25) is 5.02 Å². The maximum Gasteiger partial charge on any atom is 0.215 e. The molecular weight excluding hydrogens is 386 g/mol. The van der Waals surface area contributed by atoms with Crippen LogP contribution in [0.4, 0.5) is 0 Å². The number of benzene rings is 2. The Morgan fingerprint density at radius 1 is 1.07 bits per heavy atom. The maximum atomic E-state index is 12.6. The van der Waals surface area contributed by atoms with Crippen molar-refractivity contribution in [2.24, 2.45) is 5.92 Å².